The highest BCUT2D eigenvalue weighted by molar-refractivity contribution is 6.22. The Labute approximate surface area is 351 Å². The normalized spacial score (nSPS) is 17.0. The van der Waals surface area contributed by atoms with Gasteiger partial charge < -0.3 is 10.3 Å². The van der Waals surface area contributed by atoms with Crippen LogP contribution in [0, 0.1) is 0 Å². The molecule has 0 atom stereocenters. The standard InChI is InChI=1S/C51H37N5/c52-50(39-30-28-37(29-31-39)36-18-6-2-7-19-36)54-51(53-34-35-16-4-1-5-17-35)56-47-27-15-12-24-42(47)44-32-43-41-23-11-14-26-46(41)55(48(43)33-49(44)56)45-25-13-10-22-40(45)38-20-8-3-9-21-38/h1-33H,34H2,(H2,52,53,54)/i3D,8D,9D,10D,11D,12D,13D,14D,15D,20D,21D,22D,23D,24D,25D,26D,27D,32D,33D. The van der Waals surface area contributed by atoms with Gasteiger partial charge in [-0.2, -0.15) is 4.99 Å². The third-order valence-corrected chi connectivity index (χ3v) is 9.29. The van der Waals surface area contributed by atoms with E-state index >= 15 is 0 Å². The minimum atomic E-state index is -0.934. The molecule has 0 unspecified atom stereocenters. The third kappa shape index (κ3) is 5.83. The fourth-order valence-corrected chi connectivity index (χ4v) is 6.70. The number of rotatable bonds is 6. The molecule has 0 spiro atoms. The average Bonchev–Trinajstić information content (AvgIpc) is 4.00. The first-order valence-corrected chi connectivity index (χ1v) is 17.4. The summed E-state index contributed by atoms with van der Waals surface area (Å²) in [5.41, 5.74) is 5.71. The van der Waals surface area contributed by atoms with Gasteiger partial charge in [0.25, 0.3) is 0 Å². The smallest absolute Gasteiger partial charge is 0.232 e. The van der Waals surface area contributed by atoms with E-state index in [0.29, 0.717) is 11.1 Å². The predicted molar refractivity (Wildman–Crippen MR) is 235 cm³/mol. The zero-order chi connectivity index (χ0) is 54.0. The number of aliphatic imine (C=N–C) groups is 2. The van der Waals surface area contributed by atoms with E-state index in [-0.39, 0.29) is 40.1 Å². The second-order valence-electron chi connectivity index (χ2n) is 12.6. The zero-order valence-electron chi connectivity index (χ0n) is 48.2. The summed E-state index contributed by atoms with van der Waals surface area (Å²) in [6, 6.07) is 10.0. The lowest BCUT2D eigenvalue weighted by atomic mass is 10.0. The highest BCUT2D eigenvalue weighted by atomic mass is 15.2. The van der Waals surface area contributed by atoms with Crippen molar-refractivity contribution in [1.29, 1.82) is 0 Å². The first-order chi connectivity index (χ1) is 35.6. The van der Waals surface area contributed by atoms with Gasteiger partial charge in [-0.3, -0.25) is 4.57 Å². The Morgan fingerprint density at radius 3 is 1.89 bits per heavy atom. The van der Waals surface area contributed by atoms with E-state index in [2.05, 4.69) is 0 Å². The van der Waals surface area contributed by atoms with Gasteiger partial charge in [-0.15, -0.1) is 0 Å². The Morgan fingerprint density at radius 1 is 0.518 bits per heavy atom. The van der Waals surface area contributed by atoms with Crippen LogP contribution < -0.4 is 5.73 Å². The van der Waals surface area contributed by atoms with Gasteiger partial charge in [0, 0.05) is 32.7 Å². The molecule has 0 radical (unpaired) electrons. The molecule has 0 fully saturated rings. The molecule has 0 saturated carbocycles. The summed E-state index contributed by atoms with van der Waals surface area (Å²) >= 11 is 0. The average molecular weight is 739 g/mol. The molecule has 266 valence electrons. The fourth-order valence-electron chi connectivity index (χ4n) is 6.70. The molecule has 56 heavy (non-hydrogen) atoms. The Kier molecular flexibility index (Phi) is 4.69. The largest absolute Gasteiger partial charge is 0.383 e. The number of nitrogens with zero attached hydrogens (tertiary/aromatic N) is 4. The zero-order valence-corrected chi connectivity index (χ0v) is 29.2. The molecule has 2 heterocycles. The van der Waals surface area contributed by atoms with Gasteiger partial charge in [-0.25, -0.2) is 4.99 Å². The van der Waals surface area contributed by atoms with Crippen molar-refractivity contribution in [2.24, 2.45) is 15.7 Å². The van der Waals surface area contributed by atoms with E-state index < -0.39 is 153 Å². The van der Waals surface area contributed by atoms with Gasteiger partial charge >= 0.3 is 0 Å². The molecule has 10 aromatic rings. The van der Waals surface area contributed by atoms with Crippen LogP contribution in [0.1, 0.15) is 37.2 Å². The molecule has 0 bridgehead atoms. The Morgan fingerprint density at radius 2 is 1.12 bits per heavy atom. The van der Waals surface area contributed by atoms with Crippen LogP contribution in [0.5, 0.6) is 0 Å². The van der Waals surface area contributed by atoms with E-state index in [4.69, 9.17) is 30.8 Å². The number of para-hydroxylation sites is 3. The second kappa shape index (κ2) is 14.0. The Balaban J connectivity index is 1.44. The van der Waals surface area contributed by atoms with Crippen LogP contribution in [0.25, 0.3) is 71.6 Å². The molecule has 5 nitrogen and oxygen atoms in total. The van der Waals surface area contributed by atoms with Gasteiger partial charge in [-0.05, 0) is 52.5 Å². The number of benzene rings is 8. The van der Waals surface area contributed by atoms with Gasteiger partial charge in [0.05, 0.1) is 60.3 Å². The Hall–Kier alpha value is -7.50. The quantitative estimate of drug-likeness (QED) is 0.134. The van der Waals surface area contributed by atoms with E-state index in [1.165, 1.54) is 0 Å². The molecule has 0 amide bonds. The molecule has 8 aromatic carbocycles. The first-order valence-electron chi connectivity index (χ1n) is 26.9. The lowest BCUT2D eigenvalue weighted by molar-refractivity contribution is 1.03. The van der Waals surface area contributed by atoms with Gasteiger partial charge in [0.15, 0.2) is 0 Å². The van der Waals surface area contributed by atoms with E-state index in [1.54, 1.807) is 42.5 Å². The minimum Gasteiger partial charge on any atom is -0.383 e. The maximum absolute atomic E-state index is 10.4. The van der Waals surface area contributed by atoms with Gasteiger partial charge in [-0.1, -0.05) is 170 Å². The van der Waals surface area contributed by atoms with Crippen molar-refractivity contribution in [3.63, 3.8) is 0 Å². The maximum Gasteiger partial charge on any atom is 0.232 e. The van der Waals surface area contributed by atoms with Gasteiger partial charge in [0.2, 0.25) is 5.96 Å². The van der Waals surface area contributed by atoms with Crippen LogP contribution in [-0.4, -0.2) is 20.9 Å². The molecule has 5 heteroatoms. The maximum atomic E-state index is 10.4. The summed E-state index contributed by atoms with van der Waals surface area (Å²) in [5, 5.41) is -1.51. The molecule has 0 aliphatic rings. The number of hydrogen-bond donors (Lipinski definition) is 1. The van der Waals surface area contributed by atoms with Crippen LogP contribution in [0.2, 0.25) is 0 Å². The highest BCUT2D eigenvalue weighted by Gasteiger charge is 2.21. The predicted octanol–water partition coefficient (Wildman–Crippen LogP) is 12.0. The summed E-state index contributed by atoms with van der Waals surface area (Å²) in [4.78, 5) is 9.67. The number of aromatic nitrogens is 2. The van der Waals surface area contributed by atoms with E-state index in [9.17, 15) is 11.0 Å². The molecular formula is C51H37N5. The van der Waals surface area contributed by atoms with Crippen molar-refractivity contribution >= 4 is 55.4 Å². The van der Waals surface area contributed by atoms with Crippen molar-refractivity contribution in [2.75, 3.05) is 0 Å². The molecule has 2 N–H and O–H groups in total. The number of hydrogen-bond acceptors (Lipinski definition) is 1. The molecule has 0 aliphatic heterocycles. The SMILES string of the molecule is [2H]c1c([2H])c([2H])c(-c2c([2H])c([2H])c([2H])c([2H])c2-n2c3c([2H])c([2H])c([2H])c([2H])c3c3c([2H])c4c5c([2H])c([2H])c([2H])c([2H])c5n(C(=NCc5ccccc5)/N=C(\N)c5ccc(-c6ccccc6)cc5)c4c([2H])c32)c([2H])c1[2H]. The highest BCUT2D eigenvalue weighted by Crippen LogP contribution is 2.40. The molecule has 10 rings (SSSR count). The summed E-state index contributed by atoms with van der Waals surface area (Å²) in [7, 11) is 0. The molecule has 0 aliphatic carbocycles. The van der Waals surface area contributed by atoms with Gasteiger partial charge in [0.1, 0.15) is 5.84 Å². The lowest BCUT2D eigenvalue weighted by Gasteiger charge is -2.14. The van der Waals surface area contributed by atoms with Crippen molar-refractivity contribution in [3.8, 4) is 27.9 Å². The topological polar surface area (TPSA) is 60.6 Å². The Bertz CT molecular complexity index is 4160. The summed E-state index contributed by atoms with van der Waals surface area (Å²) in [5.74, 6) is -0.494. The molecule has 2 aromatic heterocycles. The van der Waals surface area contributed by atoms with Crippen molar-refractivity contribution in [1.82, 2.24) is 9.13 Å². The van der Waals surface area contributed by atoms with Crippen LogP contribution in [-0.2, 0) is 6.54 Å². The molecular weight excluding hydrogens is 683 g/mol. The summed E-state index contributed by atoms with van der Waals surface area (Å²) in [6.45, 7) is -0.124. The lowest BCUT2D eigenvalue weighted by Crippen LogP contribution is -2.19. The van der Waals surface area contributed by atoms with Crippen molar-refractivity contribution < 1.29 is 26.0 Å². The second-order valence-corrected chi connectivity index (χ2v) is 12.6. The van der Waals surface area contributed by atoms with Crippen molar-refractivity contribution in [2.45, 2.75) is 6.54 Å². The molecule has 0 saturated heterocycles. The van der Waals surface area contributed by atoms with Crippen molar-refractivity contribution in [3.05, 3.63) is 211 Å². The first kappa shape index (κ1) is 18.7. The minimum absolute atomic E-state index is 0.124. The monoisotopic (exact) mass is 738 g/mol. The third-order valence-electron chi connectivity index (χ3n) is 9.29. The van der Waals surface area contributed by atoms with E-state index in [1.807, 2.05) is 42.5 Å². The van der Waals surface area contributed by atoms with Crippen LogP contribution >= 0.6 is 0 Å². The van der Waals surface area contributed by atoms with E-state index in [0.717, 1.165) is 20.3 Å². The van der Waals surface area contributed by atoms with Crippen LogP contribution in [0.4, 0.5) is 0 Å². The summed E-state index contributed by atoms with van der Waals surface area (Å²) in [6.07, 6.45) is 0. The van der Waals surface area contributed by atoms with Crippen LogP contribution in [0.15, 0.2) is 210 Å². The fraction of sp³-hybridized carbons (Fsp3) is 0.0196. The number of nitrogens with two attached hydrogens (primary N) is 1. The number of fused-ring (bicyclic) bond motifs is 6. The summed E-state index contributed by atoms with van der Waals surface area (Å²) < 4.78 is 175. The van der Waals surface area contributed by atoms with Crippen LogP contribution in [0.3, 0.4) is 0 Å². The number of amidine groups is 1.